The summed E-state index contributed by atoms with van der Waals surface area (Å²) in [5.41, 5.74) is 7.81. The van der Waals surface area contributed by atoms with Crippen LogP contribution in [-0.2, 0) is 20.7 Å². The van der Waals surface area contributed by atoms with E-state index in [-0.39, 0.29) is 6.04 Å². The first-order chi connectivity index (χ1) is 10.6. The molecule has 1 fully saturated rings. The standard InChI is InChI=1S/C16H19N3O3/c17-12(15(20)22-16(21)14-6-3-7-18-14)8-10-9-19-13-5-2-1-4-11(10)13/h1-2,4-5,9,12,14,18-19H,3,6-8,17H2/t12-,14-/m0/s1. The summed E-state index contributed by atoms with van der Waals surface area (Å²) in [5.74, 6) is -1.21. The Balaban J connectivity index is 1.62. The van der Waals surface area contributed by atoms with Crippen molar-refractivity contribution in [1.29, 1.82) is 0 Å². The maximum atomic E-state index is 12.0. The lowest BCUT2D eigenvalue weighted by atomic mass is 10.1. The summed E-state index contributed by atoms with van der Waals surface area (Å²) in [5, 5.41) is 4.02. The average Bonchev–Trinajstić information content (AvgIpc) is 3.17. The van der Waals surface area contributed by atoms with E-state index in [1.54, 1.807) is 0 Å². The minimum atomic E-state index is -0.857. The first-order valence-corrected chi connectivity index (χ1v) is 7.44. The van der Waals surface area contributed by atoms with E-state index in [0.717, 1.165) is 29.4 Å². The molecule has 6 heteroatoms. The smallest absolute Gasteiger partial charge is 0.330 e. The lowest BCUT2D eigenvalue weighted by molar-refractivity contribution is -0.161. The van der Waals surface area contributed by atoms with Crippen molar-refractivity contribution >= 4 is 22.8 Å². The molecule has 116 valence electrons. The molecule has 2 heterocycles. The summed E-state index contributed by atoms with van der Waals surface area (Å²) in [6.07, 6.45) is 3.77. The molecule has 0 aliphatic carbocycles. The Hall–Kier alpha value is -2.18. The topological polar surface area (TPSA) is 97.2 Å². The van der Waals surface area contributed by atoms with E-state index in [1.807, 2.05) is 30.5 Å². The van der Waals surface area contributed by atoms with Crippen molar-refractivity contribution in [2.24, 2.45) is 5.73 Å². The number of aromatic nitrogens is 1. The number of ether oxygens (including phenoxy) is 1. The molecule has 0 saturated carbocycles. The van der Waals surface area contributed by atoms with Gasteiger partial charge in [-0.05, 0) is 31.0 Å². The second kappa shape index (κ2) is 6.29. The Morgan fingerprint density at radius 3 is 2.95 bits per heavy atom. The molecule has 3 rings (SSSR count). The molecule has 22 heavy (non-hydrogen) atoms. The molecule has 0 spiro atoms. The number of fused-ring (bicyclic) bond motifs is 1. The molecule has 0 unspecified atom stereocenters. The zero-order chi connectivity index (χ0) is 15.5. The third-order valence-corrected chi connectivity index (χ3v) is 3.96. The van der Waals surface area contributed by atoms with E-state index in [4.69, 9.17) is 10.5 Å². The SMILES string of the molecule is N[C@@H](Cc1c[nH]c2ccccc12)C(=O)OC(=O)[C@@H]1CCCN1. The van der Waals surface area contributed by atoms with Gasteiger partial charge in [0.1, 0.15) is 12.1 Å². The number of rotatable bonds is 4. The van der Waals surface area contributed by atoms with Crippen molar-refractivity contribution in [2.75, 3.05) is 6.54 Å². The van der Waals surface area contributed by atoms with E-state index in [9.17, 15) is 9.59 Å². The zero-order valence-corrected chi connectivity index (χ0v) is 12.2. The first-order valence-electron chi connectivity index (χ1n) is 7.44. The van der Waals surface area contributed by atoms with Crippen LogP contribution in [0.2, 0.25) is 0 Å². The van der Waals surface area contributed by atoms with Crippen molar-refractivity contribution in [2.45, 2.75) is 31.3 Å². The molecule has 1 aromatic heterocycles. The Bertz CT molecular complexity index is 689. The lowest BCUT2D eigenvalue weighted by Crippen LogP contribution is -2.40. The van der Waals surface area contributed by atoms with Gasteiger partial charge in [0.05, 0.1) is 0 Å². The zero-order valence-electron chi connectivity index (χ0n) is 12.2. The molecule has 4 N–H and O–H groups in total. The molecule has 2 aromatic rings. The van der Waals surface area contributed by atoms with Crippen LogP contribution < -0.4 is 11.1 Å². The second-order valence-electron chi connectivity index (χ2n) is 5.56. The Labute approximate surface area is 128 Å². The van der Waals surface area contributed by atoms with Gasteiger partial charge >= 0.3 is 11.9 Å². The van der Waals surface area contributed by atoms with Crippen LogP contribution in [0.4, 0.5) is 0 Å². The van der Waals surface area contributed by atoms with Crippen molar-refractivity contribution in [1.82, 2.24) is 10.3 Å². The van der Waals surface area contributed by atoms with E-state index in [0.29, 0.717) is 12.8 Å². The molecular formula is C16H19N3O3. The Morgan fingerprint density at radius 2 is 2.18 bits per heavy atom. The number of hydrogen-bond acceptors (Lipinski definition) is 5. The maximum Gasteiger partial charge on any atom is 0.330 e. The molecular weight excluding hydrogens is 282 g/mol. The highest BCUT2D eigenvalue weighted by molar-refractivity contribution is 5.91. The average molecular weight is 301 g/mol. The first kappa shape index (κ1) is 14.7. The van der Waals surface area contributed by atoms with Crippen molar-refractivity contribution in [3.8, 4) is 0 Å². The normalized spacial score (nSPS) is 19.2. The summed E-state index contributed by atoms with van der Waals surface area (Å²) < 4.78 is 4.88. The maximum absolute atomic E-state index is 12.0. The number of H-pyrrole nitrogens is 1. The quantitative estimate of drug-likeness (QED) is 0.575. The number of aromatic amines is 1. The number of hydrogen-bond donors (Lipinski definition) is 3. The fraction of sp³-hybridized carbons (Fsp3) is 0.375. The Kier molecular flexibility index (Phi) is 4.22. The number of para-hydroxylation sites is 1. The number of carbonyl (C=O) groups excluding carboxylic acids is 2. The molecule has 2 atom stereocenters. The van der Waals surface area contributed by atoms with Crippen LogP contribution in [0.5, 0.6) is 0 Å². The molecule has 0 bridgehead atoms. The van der Waals surface area contributed by atoms with Crippen LogP contribution in [0.3, 0.4) is 0 Å². The van der Waals surface area contributed by atoms with Gasteiger partial charge in [-0.25, -0.2) is 9.59 Å². The molecule has 1 aromatic carbocycles. The number of nitrogens with two attached hydrogens (primary N) is 1. The summed E-state index contributed by atoms with van der Waals surface area (Å²) in [6.45, 7) is 0.773. The van der Waals surface area contributed by atoms with Crippen molar-refractivity contribution < 1.29 is 14.3 Å². The highest BCUT2D eigenvalue weighted by Gasteiger charge is 2.28. The van der Waals surface area contributed by atoms with Crippen LogP contribution in [0.25, 0.3) is 10.9 Å². The molecule has 1 aliphatic heterocycles. The van der Waals surface area contributed by atoms with Gasteiger partial charge in [-0.2, -0.15) is 0 Å². The number of benzene rings is 1. The molecule has 0 amide bonds. The highest BCUT2D eigenvalue weighted by Crippen LogP contribution is 2.19. The predicted molar refractivity (Wildman–Crippen MR) is 82.1 cm³/mol. The van der Waals surface area contributed by atoms with Crippen molar-refractivity contribution in [3.05, 3.63) is 36.0 Å². The van der Waals surface area contributed by atoms with Crippen LogP contribution in [-0.4, -0.2) is 35.6 Å². The van der Waals surface area contributed by atoms with Crippen LogP contribution >= 0.6 is 0 Å². The van der Waals surface area contributed by atoms with Gasteiger partial charge in [0.15, 0.2) is 0 Å². The summed E-state index contributed by atoms with van der Waals surface area (Å²) in [7, 11) is 0. The van der Waals surface area contributed by atoms with Crippen LogP contribution in [0.1, 0.15) is 18.4 Å². The van der Waals surface area contributed by atoms with Gasteiger partial charge in [-0.15, -0.1) is 0 Å². The van der Waals surface area contributed by atoms with Gasteiger partial charge in [-0.1, -0.05) is 18.2 Å². The summed E-state index contributed by atoms with van der Waals surface area (Å²) in [6, 6.07) is 6.54. The predicted octanol–water partition coefficient (Wildman–Crippen LogP) is 0.860. The van der Waals surface area contributed by atoms with Gasteiger partial charge in [0.25, 0.3) is 0 Å². The third kappa shape index (κ3) is 3.03. The molecule has 0 radical (unpaired) electrons. The van der Waals surface area contributed by atoms with Crippen molar-refractivity contribution in [3.63, 3.8) is 0 Å². The van der Waals surface area contributed by atoms with E-state index >= 15 is 0 Å². The fourth-order valence-corrected chi connectivity index (χ4v) is 2.75. The van der Waals surface area contributed by atoms with Crippen LogP contribution in [0, 0.1) is 0 Å². The Morgan fingerprint density at radius 1 is 1.36 bits per heavy atom. The molecule has 1 aliphatic rings. The van der Waals surface area contributed by atoms with Gasteiger partial charge < -0.3 is 20.8 Å². The second-order valence-corrected chi connectivity index (χ2v) is 5.56. The third-order valence-electron chi connectivity index (χ3n) is 3.96. The monoisotopic (exact) mass is 301 g/mol. The number of esters is 2. The molecule has 1 saturated heterocycles. The fourth-order valence-electron chi connectivity index (χ4n) is 2.75. The minimum absolute atomic E-state index is 0.328. The van der Waals surface area contributed by atoms with Gasteiger partial charge in [0.2, 0.25) is 0 Å². The van der Waals surface area contributed by atoms with Gasteiger partial charge in [-0.3, -0.25) is 0 Å². The van der Waals surface area contributed by atoms with Crippen LogP contribution in [0.15, 0.2) is 30.5 Å². The highest BCUT2D eigenvalue weighted by atomic mass is 16.6. The lowest BCUT2D eigenvalue weighted by Gasteiger charge is -2.12. The number of carbonyl (C=O) groups is 2. The van der Waals surface area contributed by atoms with E-state index in [2.05, 4.69) is 10.3 Å². The van der Waals surface area contributed by atoms with E-state index in [1.165, 1.54) is 0 Å². The van der Waals surface area contributed by atoms with Gasteiger partial charge in [0, 0.05) is 23.5 Å². The summed E-state index contributed by atoms with van der Waals surface area (Å²) in [4.78, 5) is 26.9. The minimum Gasteiger partial charge on any atom is -0.391 e. The van der Waals surface area contributed by atoms with E-state index < -0.39 is 18.0 Å². The molecule has 6 nitrogen and oxygen atoms in total. The number of nitrogens with one attached hydrogen (secondary N) is 2. The summed E-state index contributed by atoms with van der Waals surface area (Å²) >= 11 is 0. The largest absolute Gasteiger partial charge is 0.391 e.